The van der Waals surface area contributed by atoms with E-state index in [9.17, 15) is 12.8 Å². The minimum Gasteiger partial charge on any atom is -0.311 e. The molecule has 0 radical (unpaired) electrons. The van der Waals surface area contributed by atoms with Gasteiger partial charge in [-0.2, -0.15) is 4.31 Å². The lowest BCUT2D eigenvalue weighted by molar-refractivity contribution is 0.251. The highest BCUT2D eigenvalue weighted by atomic mass is 32.2. The Kier molecular flexibility index (Phi) is 4.03. The Bertz CT molecular complexity index is 654. The third-order valence-electron chi connectivity index (χ3n) is 5.02. The molecule has 0 spiro atoms. The molecule has 2 unspecified atom stereocenters. The maximum absolute atomic E-state index is 13.4. The van der Waals surface area contributed by atoms with E-state index in [2.05, 4.69) is 5.32 Å². The Morgan fingerprint density at radius 1 is 1.14 bits per heavy atom. The number of hydrogen-bond donors (Lipinski definition) is 1. The van der Waals surface area contributed by atoms with Crippen LogP contribution in [0.15, 0.2) is 17.0 Å². The number of benzene rings is 1. The van der Waals surface area contributed by atoms with Crippen molar-refractivity contribution in [1.29, 1.82) is 0 Å². The first-order chi connectivity index (χ1) is 10.3. The predicted octanol–water partition coefficient (Wildman–Crippen LogP) is 2.35. The Morgan fingerprint density at radius 2 is 1.64 bits per heavy atom. The monoisotopic (exact) mass is 326 g/mol. The maximum Gasteiger partial charge on any atom is 0.243 e. The molecular formula is C16H23FN2O2S. The SMILES string of the molecule is Cc1cc(F)cc(C)c1S(=O)(=O)N(C)C1CC2CCC(C1)N2. The quantitative estimate of drug-likeness (QED) is 0.927. The number of hydrogen-bond acceptors (Lipinski definition) is 3. The lowest BCUT2D eigenvalue weighted by Gasteiger charge is -2.35. The fourth-order valence-corrected chi connectivity index (χ4v) is 5.75. The Hall–Kier alpha value is -0.980. The van der Waals surface area contributed by atoms with Crippen LogP contribution in [0.5, 0.6) is 0 Å². The van der Waals surface area contributed by atoms with Crippen LogP contribution >= 0.6 is 0 Å². The largest absolute Gasteiger partial charge is 0.311 e. The molecule has 1 N–H and O–H groups in total. The van der Waals surface area contributed by atoms with Gasteiger partial charge in [0.1, 0.15) is 5.82 Å². The molecule has 2 saturated heterocycles. The summed E-state index contributed by atoms with van der Waals surface area (Å²) >= 11 is 0. The summed E-state index contributed by atoms with van der Waals surface area (Å²) in [6.07, 6.45) is 3.96. The van der Waals surface area contributed by atoms with Crippen molar-refractivity contribution in [1.82, 2.24) is 9.62 Å². The van der Waals surface area contributed by atoms with E-state index in [4.69, 9.17) is 0 Å². The Balaban J connectivity index is 1.93. The fraction of sp³-hybridized carbons (Fsp3) is 0.625. The zero-order chi connectivity index (χ0) is 16.1. The van der Waals surface area contributed by atoms with Crippen LogP contribution in [-0.2, 0) is 10.0 Å². The number of fused-ring (bicyclic) bond motifs is 2. The van der Waals surface area contributed by atoms with Crippen LogP contribution in [0, 0.1) is 19.7 Å². The second-order valence-corrected chi connectivity index (χ2v) is 8.59. The molecule has 2 atom stereocenters. The molecule has 1 aromatic rings. The van der Waals surface area contributed by atoms with E-state index in [1.54, 1.807) is 20.9 Å². The van der Waals surface area contributed by atoms with Crippen LogP contribution in [0.4, 0.5) is 4.39 Å². The van der Waals surface area contributed by atoms with Gasteiger partial charge in [0.25, 0.3) is 0 Å². The molecule has 0 amide bonds. The average Bonchev–Trinajstić information content (AvgIpc) is 2.75. The van der Waals surface area contributed by atoms with Crippen LogP contribution in [0.25, 0.3) is 0 Å². The fourth-order valence-electron chi connectivity index (χ4n) is 3.97. The number of nitrogens with one attached hydrogen (secondary N) is 1. The van der Waals surface area contributed by atoms with Crippen LogP contribution in [0.2, 0.25) is 0 Å². The molecule has 6 heteroatoms. The summed E-state index contributed by atoms with van der Waals surface area (Å²) in [5, 5.41) is 3.53. The summed E-state index contributed by atoms with van der Waals surface area (Å²) in [5.41, 5.74) is 0.947. The topological polar surface area (TPSA) is 49.4 Å². The Labute approximate surface area is 131 Å². The molecule has 2 aliphatic heterocycles. The highest BCUT2D eigenvalue weighted by molar-refractivity contribution is 7.89. The number of aryl methyl sites for hydroxylation is 2. The minimum atomic E-state index is -3.60. The first-order valence-corrected chi connectivity index (χ1v) is 9.24. The molecule has 4 nitrogen and oxygen atoms in total. The van der Waals surface area contributed by atoms with E-state index in [0.717, 1.165) is 25.7 Å². The predicted molar refractivity (Wildman–Crippen MR) is 83.8 cm³/mol. The van der Waals surface area contributed by atoms with E-state index in [-0.39, 0.29) is 10.9 Å². The Morgan fingerprint density at radius 3 is 2.14 bits per heavy atom. The van der Waals surface area contributed by atoms with E-state index in [1.165, 1.54) is 16.4 Å². The number of piperidine rings is 1. The lowest BCUT2D eigenvalue weighted by Crippen LogP contribution is -2.48. The first-order valence-electron chi connectivity index (χ1n) is 7.80. The molecule has 0 aromatic heterocycles. The molecule has 2 fully saturated rings. The van der Waals surface area contributed by atoms with E-state index in [0.29, 0.717) is 23.2 Å². The van der Waals surface area contributed by atoms with Crippen molar-refractivity contribution in [2.24, 2.45) is 0 Å². The van der Waals surface area contributed by atoms with Crippen molar-refractivity contribution in [3.05, 3.63) is 29.1 Å². The number of sulfonamides is 1. The minimum absolute atomic E-state index is 0.0209. The standard InChI is InChI=1S/C16H23FN2O2S/c1-10-6-12(17)7-11(2)16(10)22(20,21)19(3)15-8-13-4-5-14(9-15)18-13/h6-7,13-15,18H,4-5,8-9H2,1-3H3. The van der Waals surface area contributed by atoms with Gasteiger partial charge in [-0.3, -0.25) is 0 Å². The molecule has 3 rings (SSSR count). The summed E-state index contributed by atoms with van der Waals surface area (Å²) in [7, 11) is -1.94. The number of nitrogens with zero attached hydrogens (tertiary/aromatic N) is 1. The molecule has 1 aromatic carbocycles. The summed E-state index contributed by atoms with van der Waals surface area (Å²) in [5.74, 6) is -0.392. The number of rotatable bonds is 3. The van der Waals surface area contributed by atoms with Crippen molar-refractivity contribution in [3.8, 4) is 0 Å². The van der Waals surface area contributed by atoms with E-state index < -0.39 is 15.8 Å². The normalized spacial score (nSPS) is 28.3. The van der Waals surface area contributed by atoms with Crippen LogP contribution in [-0.4, -0.2) is 37.9 Å². The second-order valence-electron chi connectivity index (χ2n) is 6.65. The molecule has 0 aliphatic carbocycles. The van der Waals surface area contributed by atoms with Gasteiger partial charge >= 0.3 is 0 Å². The van der Waals surface area contributed by atoms with Crippen molar-refractivity contribution in [2.45, 2.75) is 62.6 Å². The van der Waals surface area contributed by atoms with E-state index >= 15 is 0 Å². The zero-order valence-corrected chi connectivity index (χ0v) is 14.1. The van der Waals surface area contributed by atoms with Crippen molar-refractivity contribution in [2.75, 3.05) is 7.05 Å². The molecular weight excluding hydrogens is 303 g/mol. The van der Waals surface area contributed by atoms with Gasteiger partial charge in [0.15, 0.2) is 0 Å². The van der Waals surface area contributed by atoms with E-state index in [1.807, 2.05) is 0 Å². The van der Waals surface area contributed by atoms with Crippen molar-refractivity contribution < 1.29 is 12.8 Å². The maximum atomic E-state index is 13.4. The molecule has 22 heavy (non-hydrogen) atoms. The van der Waals surface area contributed by atoms with Gasteiger partial charge in [-0.25, -0.2) is 12.8 Å². The lowest BCUT2D eigenvalue weighted by atomic mass is 10.0. The third kappa shape index (κ3) is 2.68. The van der Waals surface area contributed by atoms with Gasteiger partial charge in [0, 0.05) is 25.2 Å². The summed E-state index contributed by atoms with van der Waals surface area (Å²) < 4.78 is 41.0. The molecule has 0 saturated carbocycles. The summed E-state index contributed by atoms with van der Waals surface area (Å²) in [6.45, 7) is 3.31. The highest BCUT2D eigenvalue weighted by Crippen LogP contribution is 2.33. The van der Waals surface area contributed by atoms with Gasteiger partial charge in [-0.1, -0.05) is 0 Å². The van der Waals surface area contributed by atoms with Gasteiger partial charge in [0.05, 0.1) is 4.90 Å². The third-order valence-corrected chi connectivity index (χ3v) is 7.24. The molecule has 2 bridgehead atoms. The molecule has 2 aliphatic rings. The number of halogens is 1. The van der Waals surface area contributed by atoms with Crippen LogP contribution < -0.4 is 5.32 Å². The van der Waals surface area contributed by atoms with Crippen LogP contribution in [0.3, 0.4) is 0 Å². The molecule has 122 valence electrons. The average molecular weight is 326 g/mol. The smallest absolute Gasteiger partial charge is 0.243 e. The van der Waals surface area contributed by atoms with Gasteiger partial charge in [-0.15, -0.1) is 0 Å². The second kappa shape index (κ2) is 5.58. The summed E-state index contributed by atoms with van der Waals surface area (Å²) in [6, 6.07) is 3.46. The zero-order valence-electron chi connectivity index (χ0n) is 13.3. The van der Waals surface area contributed by atoms with Crippen molar-refractivity contribution >= 4 is 10.0 Å². The summed E-state index contributed by atoms with van der Waals surface area (Å²) in [4.78, 5) is 0.252. The van der Waals surface area contributed by atoms with Crippen LogP contribution in [0.1, 0.15) is 36.8 Å². The van der Waals surface area contributed by atoms with Gasteiger partial charge < -0.3 is 5.32 Å². The highest BCUT2D eigenvalue weighted by Gasteiger charge is 2.39. The van der Waals surface area contributed by atoms with Gasteiger partial charge in [0.2, 0.25) is 10.0 Å². The van der Waals surface area contributed by atoms with Gasteiger partial charge in [-0.05, 0) is 62.8 Å². The van der Waals surface area contributed by atoms with Crippen molar-refractivity contribution in [3.63, 3.8) is 0 Å². The first kappa shape index (κ1) is 15.9. The molecule has 2 heterocycles.